The van der Waals surface area contributed by atoms with E-state index in [0.717, 1.165) is 4.05 Å². The summed E-state index contributed by atoms with van der Waals surface area (Å²) in [5, 5.41) is 0. The molecule has 1 aliphatic carbocycles. The molecule has 0 N–H and O–H groups in total. The van der Waals surface area contributed by atoms with E-state index in [4.69, 9.17) is 0 Å². The summed E-state index contributed by atoms with van der Waals surface area (Å²) in [5.41, 5.74) is 0. The first-order valence-electron chi connectivity index (χ1n) is 2.22. The van der Waals surface area contributed by atoms with Crippen molar-refractivity contribution in [3.05, 3.63) is 0 Å². The summed E-state index contributed by atoms with van der Waals surface area (Å²) in [6.07, 6.45) is 4.49. The van der Waals surface area contributed by atoms with Crippen molar-refractivity contribution in [3.8, 4) is 0 Å². The average molecular weight is 206 g/mol. The normalized spacial score (nSPS) is 21.7. The van der Waals surface area contributed by atoms with Crippen LogP contribution in [0.2, 0.25) is 4.05 Å². The fourth-order valence-corrected chi connectivity index (χ4v) is 1.07. The van der Waals surface area contributed by atoms with Gasteiger partial charge in [0, 0.05) is 0 Å². The van der Waals surface area contributed by atoms with Crippen molar-refractivity contribution in [2.75, 3.05) is 0 Å². The van der Waals surface area contributed by atoms with Gasteiger partial charge in [-0.2, -0.15) is 0 Å². The predicted molar refractivity (Wildman–Crippen MR) is 23.4 cm³/mol. The van der Waals surface area contributed by atoms with E-state index in [1.54, 1.807) is 0 Å². The third-order valence-corrected chi connectivity index (χ3v) is 2.04. The molecule has 0 aromatic rings. The van der Waals surface area contributed by atoms with Crippen LogP contribution < -0.4 is 24.0 Å². The van der Waals surface area contributed by atoms with Crippen molar-refractivity contribution in [1.82, 2.24) is 0 Å². The molecule has 0 radical (unpaired) electrons. The first-order chi connectivity index (χ1) is 2.39. The van der Waals surface area contributed by atoms with Crippen LogP contribution in [-0.2, 0) is 0 Å². The molecular formula is C4H7IMg. The molecule has 0 atom stereocenters. The van der Waals surface area contributed by atoms with Crippen molar-refractivity contribution in [1.29, 1.82) is 0 Å². The van der Waals surface area contributed by atoms with Gasteiger partial charge in [0.1, 0.15) is 0 Å². The fraction of sp³-hybridized carbons (Fsp3) is 1.00. The third kappa shape index (κ3) is 1.98. The molecule has 0 saturated heterocycles. The van der Waals surface area contributed by atoms with Crippen LogP contribution in [0.25, 0.3) is 0 Å². The molecule has 1 fully saturated rings. The molecule has 6 heavy (non-hydrogen) atoms. The van der Waals surface area contributed by atoms with Crippen LogP contribution in [0, 0.1) is 0 Å². The molecule has 0 aliphatic heterocycles. The van der Waals surface area contributed by atoms with E-state index < -0.39 is 0 Å². The van der Waals surface area contributed by atoms with Gasteiger partial charge in [-0.3, -0.25) is 0 Å². The van der Waals surface area contributed by atoms with Gasteiger partial charge in [-0.05, 0) is 0 Å². The second-order valence-electron chi connectivity index (χ2n) is 1.80. The van der Waals surface area contributed by atoms with Crippen LogP contribution in [0.4, 0.5) is 0 Å². The van der Waals surface area contributed by atoms with Gasteiger partial charge in [0.25, 0.3) is 0 Å². The van der Waals surface area contributed by atoms with Gasteiger partial charge in [0.2, 0.25) is 0 Å². The van der Waals surface area contributed by atoms with E-state index in [2.05, 4.69) is 21.7 Å². The summed E-state index contributed by atoms with van der Waals surface area (Å²) in [5.74, 6) is 0. The fourth-order valence-electron chi connectivity index (χ4n) is 0.493. The quantitative estimate of drug-likeness (QED) is 0.322. The van der Waals surface area contributed by atoms with Gasteiger partial charge in [-0.1, -0.05) is 0 Å². The molecule has 0 aromatic carbocycles. The van der Waals surface area contributed by atoms with Crippen molar-refractivity contribution >= 4 is 21.7 Å². The number of halogens is 1. The van der Waals surface area contributed by atoms with Crippen LogP contribution in [0.15, 0.2) is 0 Å². The third-order valence-electron chi connectivity index (χ3n) is 1.22. The van der Waals surface area contributed by atoms with Gasteiger partial charge in [-0.25, -0.2) is 0 Å². The summed E-state index contributed by atoms with van der Waals surface area (Å²) >= 11 is 2.14. The Morgan fingerprint density at radius 1 is 1.33 bits per heavy atom. The van der Waals surface area contributed by atoms with Crippen LogP contribution in [0.3, 0.4) is 0 Å². The summed E-state index contributed by atoms with van der Waals surface area (Å²) in [7, 11) is 0. The van der Waals surface area contributed by atoms with Crippen LogP contribution in [0.5, 0.6) is 0 Å². The predicted octanol–water partition coefficient (Wildman–Crippen LogP) is -1.87. The molecular weight excluding hydrogens is 199 g/mol. The number of rotatable bonds is 0. The molecule has 2 heteroatoms. The van der Waals surface area contributed by atoms with Gasteiger partial charge < -0.3 is 24.0 Å². The van der Waals surface area contributed by atoms with Gasteiger partial charge in [0.05, 0.1) is 0 Å². The van der Waals surface area contributed by atoms with Gasteiger partial charge >= 0.3 is 45.0 Å². The summed E-state index contributed by atoms with van der Waals surface area (Å²) < 4.78 is 1.09. The second-order valence-corrected chi connectivity index (χ2v) is 2.95. The van der Waals surface area contributed by atoms with Crippen LogP contribution >= 0.6 is 0 Å². The Morgan fingerprint density at radius 2 is 1.67 bits per heavy atom. The molecule has 1 rings (SSSR count). The molecule has 0 nitrogen and oxygen atoms in total. The summed E-state index contributed by atoms with van der Waals surface area (Å²) in [6.45, 7) is 0. The molecule has 1 aliphatic rings. The van der Waals surface area contributed by atoms with E-state index in [0.29, 0.717) is 0 Å². The van der Waals surface area contributed by atoms with E-state index in [1.165, 1.54) is 19.3 Å². The van der Waals surface area contributed by atoms with Gasteiger partial charge in [0.15, 0.2) is 0 Å². The van der Waals surface area contributed by atoms with Crippen molar-refractivity contribution in [3.63, 3.8) is 0 Å². The van der Waals surface area contributed by atoms with E-state index in [9.17, 15) is 0 Å². The Kier molecular flexibility index (Phi) is 4.36. The second kappa shape index (κ2) is 3.49. The van der Waals surface area contributed by atoms with Crippen molar-refractivity contribution < 1.29 is 24.0 Å². The van der Waals surface area contributed by atoms with Gasteiger partial charge in [-0.15, -0.1) is 0 Å². The Bertz CT molecular complexity index is 34.5. The summed E-state index contributed by atoms with van der Waals surface area (Å²) in [4.78, 5) is 0. The monoisotopic (exact) mass is 206 g/mol. The Balaban J connectivity index is 0.000000250. The zero-order valence-corrected chi connectivity index (χ0v) is 7.36. The molecule has 0 bridgehead atoms. The summed E-state index contributed by atoms with van der Waals surface area (Å²) in [6, 6.07) is 0. The van der Waals surface area contributed by atoms with Crippen LogP contribution in [0.1, 0.15) is 19.3 Å². The van der Waals surface area contributed by atoms with Crippen molar-refractivity contribution in [2.24, 2.45) is 0 Å². The topological polar surface area (TPSA) is 0 Å². The zero-order valence-electron chi connectivity index (χ0n) is 3.78. The molecule has 1 saturated carbocycles. The maximum absolute atomic E-state index is 2.14. The first-order valence-corrected chi connectivity index (χ1v) is 3.04. The minimum absolute atomic E-state index is 0. The molecule has 0 amide bonds. The number of hydrogen-bond donors (Lipinski definition) is 0. The van der Waals surface area contributed by atoms with Crippen molar-refractivity contribution in [2.45, 2.75) is 23.3 Å². The zero-order chi connectivity index (χ0) is 3.70. The standard InChI is InChI=1S/C4H7.HI.Mg/c1-2-4-3-1;;/h1H,2-4H2;1H;/q;;+1/p-1. The Morgan fingerprint density at radius 3 is 1.67 bits per heavy atom. The Labute approximate surface area is 68.5 Å². The average Bonchev–Trinajstić information content (AvgIpc) is 1.30. The SMILES string of the molecule is [I-].[Mg+][CH]1CCC1. The molecule has 32 valence electrons. The van der Waals surface area contributed by atoms with Crippen LogP contribution in [-0.4, -0.2) is 21.7 Å². The van der Waals surface area contributed by atoms with E-state index in [-0.39, 0.29) is 24.0 Å². The molecule has 0 aromatic heterocycles. The Hall–Kier alpha value is 1.50. The number of hydrogen-bond acceptors (Lipinski definition) is 0. The van der Waals surface area contributed by atoms with E-state index >= 15 is 0 Å². The minimum atomic E-state index is 0. The van der Waals surface area contributed by atoms with E-state index in [1.807, 2.05) is 0 Å². The molecule has 0 heterocycles. The molecule has 0 unspecified atom stereocenters. The maximum atomic E-state index is 2.14. The first kappa shape index (κ1) is 7.50. The molecule has 0 spiro atoms.